The molecular weight excluding hydrogens is 459 g/mol. The number of alkyl halides is 3. The van der Waals surface area contributed by atoms with Gasteiger partial charge < -0.3 is 15.1 Å². The maximum absolute atomic E-state index is 13.5. The van der Waals surface area contributed by atoms with E-state index in [1.54, 1.807) is 41.4 Å². The molecule has 1 aromatic heterocycles. The predicted octanol–water partition coefficient (Wildman–Crippen LogP) is 3.01. The van der Waals surface area contributed by atoms with Gasteiger partial charge in [0.1, 0.15) is 0 Å². The van der Waals surface area contributed by atoms with E-state index in [4.69, 9.17) is 5.26 Å². The van der Waals surface area contributed by atoms with Crippen molar-refractivity contribution in [3.05, 3.63) is 59.4 Å². The maximum atomic E-state index is 13.5. The number of likely N-dealkylation sites (tertiary alicyclic amines) is 1. The highest BCUT2D eigenvalue weighted by Gasteiger charge is 2.51. The second-order valence-electron chi connectivity index (χ2n) is 9.17. The van der Waals surface area contributed by atoms with Gasteiger partial charge in [0.25, 0.3) is 0 Å². The molecule has 0 aliphatic carbocycles. The Morgan fingerprint density at radius 1 is 1.26 bits per heavy atom. The number of rotatable bonds is 4. The number of aromatic nitrogens is 1. The summed E-state index contributed by atoms with van der Waals surface area (Å²) in [5.74, 6) is -0.596. The summed E-state index contributed by atoms with van der Waals surface area (Å²) in [6.45, 7) is 1.62. The monoisotopic (exact) mass is 485 g/mol. The quantitative estimate of drug-likeness (QED) is 0.719. The molecule has 2 aliphatic rings. The number of hydrogen-bond donors (Lipinski definition) is 1. The number of benzene rings is 1. The summed E-state index contributed by atoms with van der Waals surface area (Å²) in [4.78, 5) is 33.2. The van der Waals surface area contributed by atoms with Crippen LogP contribution in [0.25, 0.3) is 0 Å². The number of carbonyl (C=O) groups excluding carboxylic acids is 2. The largest absolute Gasteiger partial charge is 0.417 e. The third kappa shape index (κ3) is 4.94. The molecule has 0 saturated carbocycles. The number of piperidine rings is 1. The van der Waals surface area contributed by atoms with Crippen molar-refractivity contribution in [2.75, 3.05) is 38.1 Å². The first-order valence-electron chi connectivity index (χ1n) is 11.4. The topological polar surface area (TPSA) is 89.3 Å². The molecule has 2 aromatic rings. The summed E-state index contributed by atoms with van der Waals surface area (Å²) >= 11 is 0. The lowest BCUT2D eigenvalue weighted by Crippen LogP contribution is -2.49. The molecule has 35 heavy (non-hydrogen) atoms. The van der Waals surface area contributed by atoms with E-state index in [-0.39, 0.29) is 24.8 Å². The van der Waals surface area contributed by atoms with E-state index in [2.05, 4.69) is 10.3 Å². The Bertz CT molecular complexity index is 1140. The summed E-state index contributed by atoms with van der Waals surface area (Å²) in [6.07, 6.45) is 0.0447. The summed E-state index contributed by atoms with van der Waals surface area (Å²) in [5.41, 5.74) is -0.715. The number of carbonyl (C=O) groups is 2. The van der Waals surface area contributed by atoms with Gasteiger partial charge in [-0.15, -0.1) is 0 Å². The molecule has 1 spiro atoms. The van der Waals surface area contributed by atoms with Crippen LogP contribution in [-0.4, -0.2) is 54.9 Å². The molecule has 2 aliphatic heterocycles. The van der Waals surface area contributed by atoms with Crippen LogP contribution in [0, 0.1) is 22.7 Å². The highest BCUT2D eigenvalue weighted by Crippen LogP contribution is 2.47. The lowest BCUT2D eigenvalue weighted by Gasteiger charge is -2.42. The number of nitriles is 1. The second-order valence-corrected chi connectivity index (χ2v) is 9.17. The van der Waals surface area contributed by atoms with Crippen molar-refractivity contribution in [3.8, 4) is 6.07 Å². The number of nitrogens with zero attached hydrogens (tertiary/aromatic N) is 4. The second kappa shape index (κ2) is 9.56. The summed E-state index contributed by atoms with van der Waals surface area (Å²) in [7, 11) is 1.55. The molecular formula is C25H26F3N5O2. The van der Waals surface area contributed by atoms with Gasteiger partial charge in [-0.1, -0.05) is 6.07 Å². The lowest BCUT2D eigenvalue weighted by molar-refractivity contribution is -0.138. The molecule has 0 bridgehead atoms. The van der Waals surface area contributed by atoms with Gasteiger partial charge in [-0.2, -0.15) is 18.4 Å². The number of amides is 2. The molecule has 1 N–H and O–H groups in total. The van der Waals surface area contributed by atoms with E-state index >= 15 is 0 Å². The molecule has 3 heterocycles. The van der Waals surface area contributed by atoms with Gasteiger partial charge in [-0.25, -0.2) is 0 Å². The van der Waals surface area contributed by atoms with E-state index in [0.717, 1.165) is 11.6 Å². The van der Waals surface area contributed by atoms with Crippen LogP contribution in [0.4, 0.5) is 18.9 Å². The minimum Gasteiger partial charge on any atom is -0.370 e. The van der Waals surface area contributed by atoms with Gasteiger partial charge in [0.15, 0.2) is 0 Å². The number of pyridine rings is 1. The number of hydrogen-bond acceptors (Lipinski definition) is 5. The van der Waals surface area contributed by atoms with Crippen molar-refractivity contribution in [1.82, 2.24) is 15.2 Å². The van der Waals surface area contributed by atoms with Crippen LogP contribution in [0.5, 0.6) is 0 Å². The molecule has 0 radical (unpaired) electrons. The molecule has 1 unspecified atom stereocenters. The predicted molar refractivity (Wildman–Crippen MR) is 122 cm³/mol. The first kappa shape index (κ1) is 24.5. The van der Waals surface area contributed by atoms with Gasteiger partial charge >= 0.3 is 6.18 Å². The van der Waals surface area contributed by atoms with Gasteiger partial charge in [0.05, 0.1) is 29.5 Å². The van der Waals surface area contributed by atoms with Gasteiger partial charge in [0, 0.05) is 56.7 Å². The van der Waals surface area contributed by atoms with Crippen LogP contribution in [-0.2, 0) is 22.2 Å². The molecule has 10 heteroatoms. The molecule has 2 amide bonds. The van der Waals surface area contributed by atoms with Crippen LogP contribution < -0.4 is 10.2 Å². The van der Waals surface area contributed by atoms with E-state index in [1.165, 1.54) is 12.1 Å². The van der Waals surface area contributed by atoms with Crippen molar-refractivity contribution in [1.29, 1.82) is 5.26 Å². The fraction of sp³-hybridized carbons (Fsp3) is 0.440. The minimum absolute atomic E-state index is 0.0129. The molecule has 1 atom stereocenters. The van der Waals surface area contributed by atoms with Gasteiger partial charge in [0.2, 0.25) is 11.8 Å². The van der Waals surface area contributed by atoms with Crippen LogP contribution >= 0.6 is 0 Å². The number of nitrogens with one attached hydrogen (secondary N) is 1. The minimum atomic E-state index is -4.65. The van der Waals surface area contributed by atoms with Crippen molar-refractivity contribution >= 4 is 17.5 Å². The first-order valence-corrected chi connectivity index (χ1v) is 11.4. The smallest absolute Gasteiger partial charge is 0.370 e. The summed E-state index contributed by atoms with van der Waals surface area (Å²) < 4.78 is 40.5. The Kier molecular flexibility index (Phi) is 6.70. The zero-order valence-electron chi connectivity index (χ0n) is 19.3. The normalized spacial score (nSPS) is 19.5. The SMILES string of the molecule is CNC(=O)C1CN(c2ccc(C#N)c(C(F)(F)F)c2)CC12CCN(C(=O)Cc1cccnc1)CC2. The highest BCUT2D eigenvalue weighted by molar-refractivity contribution is 5.82. The third-order valence-electron chi connectivity index (χ3n) is 7.20. The molecule has 2 fully saturated rings. The Morgan fingerprint density at radius 2 is 2.00 bits per heavy atom. The first-order chi connectivity index (χ1) is 16.7. The number of anilines is 1. The maximum Gasteiger partial charge on any atom is 0.417 e. The zero-order valence-corrected chi connectivity index (χ0v) is 19.3. The van der Waals surface area contributed by atoms with Crippen LogP contribution in [0.15, 0.2) is 42.7 Å². The van der Waals surface area contributed by atoms with Crippen molar-refractivity contribution in [2.24, 2.45) is 11.3 Å². The van der Waals surface area contributed by atoms with Crippen LogP contribution in [0.2, 0.25) is 0 Å². The van der Waals surface area contributed by atoms with Gasteiger partial charge in [-0.05, 0) is 42.7 Å². The molecule has 2 saturated heterocycles. The van der Waals surface area contributed by atoms with Crippen molar-refractivity contribution in [3.63, 3.8) is 0 Å². The Morgan fingerprint density at radius 3 is 2.60 bits per heavy atom. The average Bonchev–Trinajstić information content (AvgIpc) is 3.22. The third-order valence-corrected chi connectivity index (χ3v) is 7.20. The average molecular weight is 486 g/mol. The zero-order chi connectivity index (χ0) is 25.2. The van der Waals surface area contributed by atoms with Gasteiger partial charge in [-0.3, -0.25) is 14.6 Å². The van der Waals surface area contributed by atoms with Crippen LogP contribution in [0.3, 0.4) is 0 Å². The van der Waals surface area contributed by atoms with Crippen molar-refractivity contribution in [2.45, 2.75) is 25.4 Å². The highest BCUT2D eigenvalue weighted by atomic mass is 19.4. The van der Waals surface area contributed by atoms with E-state index in [0.29, 0.717) is 38.2 Å². The van der Waals surface area contributed by atoms with E-state index in [9.17, 15) is 22.8 Å². The van der Waals surface area contributed by atoms with Crippen molar-refractivity contribution < 1.29 is 22.8 Å². The molecule has 1 aromatic carbocycles. The molecule has 4 rings (SSSR count). The standard InChI is InChI=1S/C25H26F3N5O2/c1-30-23(35)21-15-33(19-5-4-18(13-29)20(12-19)25(26,27)28)16-24(21)6-9-32(10-7-24)22(34)11-17-3-2-8-31-14-17/h2-5,8,12,14,21H,6-7,9-11,15-16H2,1H3,(H,30,35). The molecule has 184 valence electrons. The van der Waals surface area contributed by atoms with E-state index in [1.807, 2.05) is 6.07 Å². The van der Waals surface area contributed by atoms with Crippen LogP contribution in [0.1, 0.15) is 29.5 Å². The lowest BCUT2D eigenvalue weighted by atomic mass is 9.70. The van der Waals surface area contributed by atoms with E-state index < -0.39 is 28.6 Å². The summed E-state index contributed by atoms with van der Waals surface area (Å²) in [6, 6.07) is 8.90. The fourth-order valence-electron chi connectivity index (χ4n) is 5.26. The Hall–Kier alpha value is -3.61. The number of halogens is 3. The fourth-order valence-corrected chi connectivity index (χ4v) is 5.26. The summed E-state index contributed by atoms with van der Waals surface area (Å²) in [5, 5.41) is 11.8. The Labute approximate surface area is 201 Å². The Balaban J connectivity index is 1.53. The molecule has 7 nitrogen and oxygen atoms in total.